The van der Waals surface area contributed by atoms with Crippen molar-refractivity contribution in [2.75, 3.05) is 26.7 Å². The summed E-state index contributed by atoms with van der Waals surface area (Å²) in [7, 11) is 1.80. The topological polar surface area (TPSA) is 78.6 Å². The number of rotatable bonds is 5. The Morgan fingerprint density at radius 3 is 2.70 bits per heavy atom. The van der Waals surface area contributed by atoms with E-state index in [4.69, 9.17) is 4.52 Å². The van der Waals surface area contributed by atoms with Crippen LogP contribution in [0.3, 0.4) is 0 Å². The van der Waals surface area contributed by atoms with E-state index in [1.54, 1.807) is 7.05 Å². The highest BCUT2D eigenvalue weighted by atomic mass is 127. The third-order valence-electron chi connectivity index (χ3n) is 4.12. The van der Waals surface area contributed by atoms with Crippen LogP contribution in [-0.2, 0) is 6.42 Å². The van der Waals surface area contributed by atoms with Crippen molar-refractivity contribution in [2.24, 2.45) is 10.9 Å². The van der Waals surface area contributed by atoms with Crippen molar-refractivity contribution in [2.45, 2.75) is 46.2 Å². The minimum Gasteiger partial charge on any atom is -0.356 e. The largest absolute Gasteiger partial charge is 0.356 e. The Bertz CT molecular complexity index is 504. The summed E-state index contributed by atoms with van der Waals surface area (Å²) in [6, 6.07) is 1.02. The molecule has 0 bridgehead atoms. The Kier molecular flexibility index (Phi) is 8.24. The summed E-state index contributed by atoms with van der Waals surface area (Å²) in [5.41, 5.74) is 0. The minimum atomic E-state index is 0. The van der Waals surface area contributed by atoms with Crippen LogP contribution in [-0.4, -0.2) is 59.8 Å². The Labute approximate surface area is 155 Å². The van der Waals surface area contributed by atoms with E-state index in [2.05, 4.69) is 51.4 Å². The van der Waals surface area contributed by atoms with Crippen molar-refractivity contribution >= 4 is 29.9 Å². The molecule has 0 aliphatic carbocycles. The first-order valence-electron chi connectivity index (χ1n) is 8.00. The second kappa shape index (κ2) is 9.41. The SMILES string of the molecule is CN=C(NCCc1nc(C)no1)NC1CN(C(C)C)CC1C.I. The van der Waals surface area contributed by atoms with Crippen molar-refractivity contribution in [1.82, 2.24) is 25.7 Å². The predicted octanol–water partition coefficient (Wildman–Crippen LogP) is 1.43. The van der Waals surface area contributed by atoms with Gasteiger partial charge in [0.05, 0.1) is 0 Å². The van der Waals surface area contributed by atoms with E-state index in [-0.39, 0.29) is 24.0 Å². The number of likely N-dealkylation sites (tertiary alicyclic amines) is 1. The molecule has 7 nitrogen and oxygen atoms in total. The molecule has 1 aliphatic heterocycles. The van der Waals surface area contributed by atoms with Crippen LogP contribution in [0.1, 0.15) is 32.5 Å². The molecule has 2 rings (SSSR count). The molecule has 1 aliphatic rings. The van der Waals surface area contributed by atoms with Gasteiger partial charge < -0.3 is 15.2 Å². The van der Waals surface area contributed by atoms with E-state index in [9.17, 15) is 0 Å². The number of aryl methyl sites for hydroxylation is 1. The standard InChI is InChI=1S/C15H28N6O.HI/c1-10(2)21-8-11(3)13(9-21)19-15(16-5)17-7-6-14-18-12(4)20-22-14;/h10-11,13H,6-9H2,1-5H3,(H2,16,17,19);1H. The second-order valence-electron chi connectivity index (χ2n) is 6.26. The highest BCUT2D eigenvalue weighted by molar-refractivity contribution is 14.0. The molecular formula is C15H29IN6O. The number of guanidine groups is 1. The molecule has 0 radical (unpaired) electrons. The molecule has 0 aromatic carbocycles. The van der Waals surface area contributed by atoms with Crippen molar-refractivity contribution in [3.8, 4) is 0 Å². The fourth-order valence-electron chi connectivity index (χ4n) is 2.71. The highest BCUT2D eigenvalue weighted by Gasteiger charge is 2.31. The molecule has 23 heavy (non-hydrogen) atoms. The fraction of sp³-hybridized carbons (Fsp3) is 0.800. The van der Waals surface area contributed by atoms with Gasteiger partial charge in [0.15, 0.2) is 11.8 Å². The van der Waals surface area contributed by atoms with Gasteiger partial charge in [0.2, 0.25) is 5.89 Å². The zero-order chi connectivity index (χ0) is 16.1. The lowest BCUT2D eigenvalue weighted by Crippen LogP contribution is -2.47. The number of nitrogens with one attached hydrogen (secondary N) is 2. The Morgan fingerprint density at radius 1 is 1.43 bits per heavy atom. The van der Waals surface area contributed by atoms with Crippen LogP contribution in [0.4, 0.5) is 0 Å². The van der Waals surface area contributed by atoms with Crippen LogP contribution in [0.25, 0.3) is 0 Å². The monoisotopic (exact) mass is 436 g/mol. The van der Waals surface area contributed by atoms with Gasteiger partial charge in [-0.25, -0.2) is 0 Å². The number of halogens is 1. The summed E-state index contributed by atoms with van der Waals surface area (Å²) in [5.74, 6) is 2.77. The van der Waals surface area contributed by atoms with Crippen LogP contribution >= 0.6 is 24.0 Å². The molecule has 132 valence electrons. The predicted molar refractivity (Wildman–Crippen MR) is 102 cm³/mol. The second-order valence-corrected chi connectivity index (χ2v) is 6.26. The molecule has 0 amide bonds. The van der Waals surface area contributed by atoms with Gasteiger partial charge in [-0.05, 0) is 26.7 Å². The molecule has 1 fully saturated rings. The summed E-state index contributed by atoms with van der Waals surface area (Å²) in [6.07, 6.45) is 0.694. The first-order valence-corrected chi connectivity index (χ1v) is 8.00. The van der Waals surface area contributed by atoms with Gasteiger partial charge >= 0.3 is 0 Å². The third kappa shape index (κ3) is 5.91. The van der Waals surface area contributed by atoms with E-state index in [0.717, 1.165) is 25.6 Å². The van der Waals surface area contributed by atoms with E-state index in [1.165, 1.54) is 0 Å². The molecule has 1 aromatic rings. The van der Waals surface area contributed by atoms with Gasteiger partial charge in [-0.15, -0.1) is 24.0 Å². The first-order chi connectivity index (χ1) is 10.5. The maximum absolute atomic E-state index is 5.10. The zero-order valence-electron chi connectivity index (χ0n) is 14.7. The van der Waals surface area contributed by atoms with Gasteiger partial charge in [-0.2, -0.15) is 4.98 Å². The van der Waals surface area contributed by atoms with E-state index in [0.29, 0.717) is 36.1 Å². The Morgan fingerprint density at radius 2 is 2.17 bits per heavy atom. The van der Waals surface area contributed by atoms with Crippen LogP contribution in [0.5, 0.6) is 0 Å². The number of hydrogen-bond acceptors (Lipinski definition) is 5. The number of hydrogen-bond donors (Lipinski definition) is 2. The molecule has 1 aromatic heterocycles. The summed E-state index contributed by atoms with van der Waals surface area (Å²) >= 11 is 0. The van der Waals surface area contributed by atoms with Crippen molar-refractivity contribution < 1.29 is 4.52 Å². The molecule has 2 atom stereocenters. The maximum atomic E-state index is 5.10. The summed E-state index contributed by atoms with van der Waals surface area (Å²) in [5, 5.41) is 10.6. The van der Waals surface area contributed by atoms with Crippen molar-refractivity contribution in [3.63, 3.8) is 0 Å². The van der Waals surface area contributed by atoms with Gasteiger partial charge in [0.1, 0.15) is 0 Å². The normalized spacial score (nSPS) is 22.3. The zero-order valence-corrected chi connectivity index (χ0v) is 17.0. The average Bonchev–Trinajstić information content (AvgIpc) is 3.04. The van der Waals surface area contributed by atoms with E-state index >= 15 is 0 Å². The summed E-state index contributed by atoms with van der Waals surface area (Å²) < 4.78 is 5.10. The summed E-state index contributed by atoms with van der Waals surface area (Å²) in [4.78, 5) is 11.0. The lowest BCUT2D eigenvalue weighted by Gasteiger charge is -2.21. The molecule has 2 N–H and O–H groups in total. The molecular weight excluding hydrogens is 407 g/mol. The number of nitrogens with zero attached hydrogens (tertiary/aromatic N) is 4. The Balaban J connectivity index is 0.00000264. The smallest absolute Gasteiger partial charge is 0.228 e. The van der Waals surface area contributed by atoms with Gasteiger partial charge in [0.25, 0.3) is 0 Å². The molecule has 0 spiro atoms. The van der Waals surface area contributed by atoms with Crippen LogP contribution in [0.2, 0.25) is 0 Å². The fourth-order valence-corrected chi connectivity index (χ4v) is 2.71. The third-order valence-corrected chi connectivity index (χ3v) is 4.12. The molecule has 8 heteroatoms. The van der Waals surface area contributed by atoms with Crippen LogP contribution in [0, 0.1) is 12.8 Å². The van der Waals surface area contributed by atoms with Crippen molar-refractivity contribution in [3.05, 3.63) is 11.7 Å². The average molecular weight is 436 g/mol. The Hall–Kier alpha value is -0.900. The molecule has 2 heterocycles. The molecule has 2 unspecified atom stereocenters. The maximum Gasteiger partial charge on any atom is 0.228 e. The molecule has 0 saturated carbocycles. The summed E-state index contributed by atoms with van der Waals surface area (Å²) in [6.45, 7) is 11.5. The van der Waals surface area contributed by atoms with E-state index in [1.807, 2.05) is 6.92 Å². The first kappa shape index (κ1) is 20.1. The van der Waals surface area contributed by atoms with E-state index < -0.39 is 0 Å². The van der Waals surface area contributed by atoms with Crippen LogP contribution < -0.4 is 10.6 Å². The number of aromatic nitrogens is 2. The number of aliphatic imine (C=N–C) groups is 1. The van der Waals surface area contributed by atoms with Crippen molar-refractivity contribution in [1.29, 1.82) is 0 Å². The quantitative estimate of drug-likeness (QED) is 0.413. The molecule has 1 saturated heterocycles. The lowest BCUT2D eigenvalue weighted by molar-refractivity contribution is 0.265. The minimum absolute atomic E-state index is 0. The van der Waals surface area contributed by atoms with Gasteiger partial charge in [-0.1, -0.05) is 12.1 Å². The highest BCUT2D eigenvalue weighted by Crippen LogP contribution is 2.18. The lowest BCUT2D eigenvalue weighted by atomic mass is 10.1. The van der Waals surface area contributed by atoms with Crippen LogP contribution in [0.15, 0.2) is 9.52 Å². The van der Waals surface area contributed by atoms with Gasteiger partial charge in [0, 0.05) is 45.2 Å². The van der Waals surface area contributed by atoms with Gasteiger partial charge in [-0.3, -0.25) is 9.89 Å².